The molecule has 0 spiro atoms. The molecule has 0 aliphatic carbocycles. The van der Waals surface area contributed by atoms with Crippen molar-refractivity contribution in [2.45, 2.75) is 19.4 Å². The van der Waals surface area contributed by atoms with Gasteiger partial charge in [0, 0.05) is 10.9 Å². The Bertz CT molecular complexity index is 461. The van der Waals surface area contributed by atoms with Crippen molar-refractivity contribution in [1.82, 2.24) is 0 Å². The molecular formula is C13H14BrNO. The van der Waals surface area contributed by atoms with Crippen LogP contribution in [0.15, 0.2) is 45.3 Å². The van der Waals surface area contributed by atoms with Crippen LogP contribution in [0.1, 0.15) is 30.0 Å². The lowest BCUT2D eigenvalue weighted by Crippen LogP contribution is -2.10. The zero-order valence-electron chi connectivity index (χ0n) is 9.11. The molecule has 3 heteroatoms. The van der Waals surface area contributed by atoms with E-state index in [4.69, 9.17) is 10.2 Å². The molecular weight excluding hydrogens is 266 g/mol. The molecule has 1 atom stereocenters. The van der Waals surface area contributed by atoms with E-state index in [9.17, 15) is 0 Å². The van der Waals surface area contributed by atoms with Crippen molar-refractivity contribution in [2.75, 3.05) is 0 Å². The topological polar surface area (TPSA) is 39.2 Å². The van der Waals surface area contributed by atoms with Crippen LogP contribution >= 0.6 is 15.9 Å². The lowest BCUT2D eigenvalue weighted by Gasteiger charge is -2.09. The Labute approximate surface area is 104 Å². The first-order valence-corrected chi connectivity index (χ1v) is 6.09. The highest BCUT2D eigenvalue weighted by atomic mass is 79.9. The maximum atomic E-state index is 6.13. The number of benzene rings is 1. The Kier molecular flexibility index (Phi) is 3.46. The first-order chi connectivity index (χ1) is 7.70. The van der Waals surface area contributed by atoms with Gasteiger partial charge in [0.25, 0.3) is 0 Å². The normalized spacial score (nSPS) is 12.7. The second-order valence-corrected chi connectivity index (χ2v) is 4.60. The summed E-state index contributed by atoms with van der Waals surface area (Å²) in [6, 6.07) is 11.7. The lowest BCUT2D eigenvalue weighted by molar-refractivity contribution is 0.454. The van der Waals surface area contributed by atoms with Gasteiger partial charge in [0.2, 0.25) is 0 Å². The highest BCUT2D eigenvalue weighted by Gasteiger charge is 2.12. The highest BCUT2D eigenvalue weighted by molar-refractivity contribution is 9.10. The smallest absolute Gasteiger partial charge is 0.125 e. The van der Waals surface area contributed by atoms with Crippen LogP contribution in [0.4, 0.5) is 0 Å². The lowest BCUT2D eigenvalue weighted by atomic mass is 10.1. The van der Waals surface area contributed by atoms with E-state index < -0.39 is 0 Å². The molecule has 1 heterocycles. The minimum Gasteiger partial charge on any atom is -0.464 e. The third-order valence-corrected chi connectivity index (χ3v) is 3.10. The molecule has 2 nitrogen and oxygen atoms in total. The maximum absolute atomic E-state index is 6.13. The molecule has 0 amide bonds. The summed E-state index contributed by atoms with van der Waals surface area (Å²) in [5, 5.41) is 0. The van der Waals surface area contributed by atoms with Crippen LogP contribution < -0.4 is 5.73 Å². The molecule has 0 aliphatic heterocycles. The number of hydrogen-bond acceptors (Lipinski definition) is 2. The Morgan fingerprint density at radius 2 is 1.88 bits per heavy atom. The molecule has 2 N–H and O–H groups in total. The zero-order valence-corrected chi connectivity index (χ0v) is 10.7. The van der Waals surface area contributed by atoms with Crippen molar-refractivity contribution < 1.29 is 4.42 Å². The number of nitrogens with two attached hydrogens (primary N) is 1. The molecule has 16 heavy (non-hydrogen) atoms. The third kappa shape index (κ3) is 2.36. The van der Waals surface area contributed by atoms with Gasteiger partial charge in [-0.05, 0) is 29.8 Å². The summed E-state index contributed by atoms with van der Waals surface area (Å²) in [6.45, 7) is 2.06. The van der Waals surface area contributed by atoms with Crippen molar-refractivity contribution >= 4 is 15.9 Å². The fourth-order valence-electron chi connectivity index (χ4n) is 1.59. The summed E-state index contributed by atoms with van der Waals surface area (Å²) in [4.78, 5) is 0. The second-order valence-electron chi connectivity index (χ2n) is 3.69. The monoisotopic (exact) mass is 279 g/mol. The molecule has 2 rings (SSSR count). The fourth-order valence-corrected chi connectivity index (χ4v) is 1.85. The zero-order chi connectivity index (χ0) is 11.5. The van der Waals surface area contributed by atoms with Gasteiger partial charge in [0.1, 0.15) is 11.5 Å². The van der Waals surface area contributed by atoms with Crippen molar-refractivity contribution in [2.24, 2.45) is 5.73 Å². The van der Waals surface area contributed by atoms with E-state index in [1.165, 1.54) is 0 Å². The van der Waals surface area contributed by atoms with E-state index in [1.54, 1.807) is 0 Å². The average Bonchev–Trinajstić information content (AvgIpc) is 2.77. The van der Waals surface area contributed by atoms with Crippen LogP contribution in [-0.2, 0) is 6.42 Å². The molecule has 0 aliphatic rings. The molecule has 0 saturated heterocycles. The van der Waals surface area contributed by atoms with Gasteiger partial charge in [-0.2, -0.15) is 0 Å². The van der Waals surface area contributed by atoms with Crippen molar-refractivity contribution in [3.05, 3.63) is 58.0 Å². The Hall–Kier alpha value is -1.06. The first kappa shape index (κ1) is 11.4. The van der Waals surface area contributed by atoms with Gasteiger partial charge in [-0.25, -0.2) is 0 Å². The summed E-state index contributed by atoms with van der Waals surface area (Å²) in [7, 11) is 0. The van der Waals surface area contributed by atoms with Gasteiger partial charge in [-0.15, -0.1) is 0 Å². The van der Waals surface area contributed by atoms with E-state index >= 15 is 0 Å². The van der Waals surface area contributed by atoms with E-state index in [0.29, 0.717) is 0 Å². The summed E-state index contributed by atoms with van der Waals surface area (Å²) >= 11 is 3.40. The van der Waals surface area contributed by atoms with E-state index in [0.717, 1.165) is 28.0 Å². The molecule has 1 unspecified atom stereocenters. The van der Waals surface area contributed by atoms with E-state index in [2.05, 4.69) is 22.9 Å². The number of aryl methyl sites for hydroxylation is 1. The number of rotatable bonds is 3. The Morgan fingerprint density at radius 3 is 2.44 bits per heavy atom. The third-order valence-electron chi connectivity index (χ3n) is 2.57. The van der Waals surface area contributed by atoms with E-state index in [-0.39, 0.29) is 6.04 Å². The van der Waals surface area contributed by atoms with Crippen molar-refractivity contribution in [1.29, 1.82) is 0 Å². The van der Waals surface area contributed by atoms with Gasteiger partial charge in [0.05, 0.1) is 6.04 Å². The summed E-state index contributed by atoms with van der Waals surface area (Å²) in [5.74, 6) is 1.79. The molecule has 0 saturated carbocycles. The van der Waals surface area contributed by atoms with Crippen LogP contribution in [0.5, 0.6) is 0 Å². The van der Waals surface area contributed by atoms with Crippen LogP contribution in [0.3, 0.4) is 0 Å². The minimum atomic E-state index is -0.187. The molecule has 0 radical (unpaired) electrons. The summed E-state index contributed by atoms with van der Waals surface area (Å²) in [5.41, 5.74) is 7.18. The summed E-state index contributed by atoms with van der Waals surface area (Å²) < 4.78 is 6.70. The second kappa shape index (κ2) is 4.85. The van der Waals surface area contributed by atoms with Crippen molar-refractivity contribution in [3.8, 4) is 0 Å². The predicted molar refractivity (Wildman–Crippen MR) is 68.3 cm³/mol. The molecule has 2 aromatic rings. The fraction of sp³-hybridized carbons (Fsp3) is 0.231. The quantitative estimate of drug-likeness (QED) is 0.932. The molecule has 0 fully saturated rings. The van der Waals surface area contributed by atoms with Crippen LogP contribution in [-0.4, -0.2) is 0 Å². The average molecular weight is 280 g/mol. The maximum Gasteiger partial charge on any atom is 0.125 e. The SMILES string of the molecule is CCc1ccc(C(N)c2ccc(Br)cc2)o1. The van der Waals surface area contributed by atoms with Crippen LogP contribution in [0.25, 0.3) is 0 Å². The van der Waals surface area contributed by atoms with Crippen LogP contribution in [0.2, 0.25) is 0 Å². The number of furan rings is 1. The number of halogens is 1. The Balaban J connectivity index is 2.24. The van der Waals surface area contributed by atoms with Crippen LogP contribution in [0, 0.1) is 0 Å². The molecule has 1 aromatic carbocycles. The Morgan fingerprint density at radius 1 is 1.19 bits per heavy atom. The van der Waals surface area contributed by atoms with Gasteiger partial charge in [-0.1, -0.05) is 35.0 Å². The largest absolute Gasteiger partial charge is 0.464 e. The summed E-state index contributed by atoms with van der Waals surface area (Å²) in [6.07, 6.45) is 0.896. The van der Waals surface area contributed by atoms with Gasteiger partial charge < -0.3 is 10.2 Å². The highest BCUT2D eigenvalue weighted by Crippen LogP contribution is 2.23. The van der Waals surface area contributed by atoms with Gasteiger partial charge in [-0.3, -0.25) is 0 Å². The predicted octanol–water partition coefficient (Wildman–Crippen LogP) is 3.65. The molecule has 84 valence electrons. The number of hydrogen-bond donors (Lipinski definition) is 1. The van der Waals surface area contributed by atoms with E-state index in [1.807, 2.05) is 36.4 Å². The van der Waals surface area contributed by atoms with Crippen molar-refractivity contribution in [3.63, 3.8) is 0 Å². The molecule has 0 bridgehead atoms. The molecule has 1 aromatic heterocycles. The van der Waals surface area contributed by atoms with Gasteiger partial charge in [0.15, 0.2) is 0 Å². The minimum absolute atomic E-state index is 0.187. The first-order valence-electron chi connectivity index (χ1n) is 5.30. The standard InChI is InChI=1S/C13H14BrNO/c1-2-11-7-8-12(16-11)13(15)9-3-5-10(14)6-4-9/h3-8,13H,2,15H2,1H3. The van der Waals surface area contributed by atoms with Gasteiger partial charge >= 0.3 is 0 Å².